The van der Waals surface area contributed by atoms with Crippen molar-refractivity contribution in [3.05, 3.63) is 118 Å². The fraction of sp³-hybridized carbons (Fsp3) is 0.0741. The van der Waals surface area contributed by atoms with Gasteiger partial charge in [0, 0.05) is 12.1 Å². The Morgan fingerprint density at radius 3 is 2.26 bits per heavy atom. The van der Waals surface area contributed by atoms with Crippen LogP contribution in [0.15, 0.2) is 90.0 Å². The quantitative estimate of drug-likeness (QED) is 0.179. The number of ether oxygens (including phenoxy) is 1. The van der Waals surface area contributed by atoms with Crippen LogP contribution in [0.4, 0.5) is 5.69 Å². The minimum absolute atomic E-state index is 0.0506. The summed E-state index contributed by atoms with van der Waals surface area (Å²) in [5.74, 6) is 0.477. The molecule has 194 valence electrons. The van der Waals surface area contributed by atoms with Gasteiger partial charge in [0.1, 0.15) is 5.75 Å². The van der Waals surface area contributed by atoms with Crippen LogP contribution in [-0.2, 0) is 0 Å². The highest BCUT2D eigenvalue weighted by molar-refractivity contribution is 5.94. The van der Waals surface area contributed by atoms with Crippen molar-refractivity contribution < 1.29 is 14.5 Å². The third-order valence-electron chi connectivity index (χ3n) is 5.80. The Morgan fingerprint density at radius 1 is 0.949 bits per heavy atom. The Labute approximate surface area is 222 Å². The molecule has 5 aromatic rings. The lowest BCUT2D eigenvalue weighted by atomic mass is 10.2. The Balaban J connectivity index is 1.39. The van der Waals surface area contributed by atoms with Gasteiger partial charge >= 0.3 is 0 Å². The number of hydrogen-bond acceptors (Lipinski definition) is 8. The number of rotatable bonds is 8. The first-order valence-electron chi connectivity index (χ1n) is 11.8. The number of aryl methyl sites for hydroxylation is 1. The summed E-state index contributed by atoms with van der Waals surface area (Å²) in [6, 6.07) is 24.6. The molecule has 0 spiro atoms. The van der Waals surface area contributed by atoms with Gasteiger partial charge in [0.05, 0.1) is 39.5 Å². The van der Waals surface area contributed by atoms with Gasteiger partial charge in [-0.05, 0) is 50.2 Å². The lowest BCUT2D eigenvalue weighted by Crippen LogP contribution is -2.19. The molecule has 0 saturated carbocycles. The molecule has 1 amide bonds. The lowest BCUT2D eigenvalue weighted by Gasteiger charge is -2.10. The first kappa shape index (κ1) is 25.0. The van der Waals surface area contributed by atoms with Crippen molar-refractivity contribution in [2.75, 3.05) is 0 Å². The summed E-state index contributed by atoms with van der Waals surface area (Å²) in [6.45, 7) is 3.49. The van der Waals surface area contributed by atoms with E-state index in [-0.39, 0.29) is 11.4 Å². The number of carbonyl (C=O) groups is 1. The first-order valence-corrected chi connectivity index (χ1v) is 11.8. The number of nitrogens with one attached hydrogen (secondary N) is 1. The maximum atomic E-state index is 12.8. The van der Waals surface area contributed by atoms with E-state index in [1.165, 1.54) is 35.2 Å². The van der Waals surface area contributed by atoms with Gasteiger partial charge in [0.25, 0.3) is 11.6 Å². The Hall–Kier alpha value is -5.65. The summed E-state index contributed by atoms with van der Waals surface area (Å²) in [7, 11) is 0. The molecule has 2 heterocycles. The van der Waals surface area contributed by atoms with E-state index in [0.29, 0.717) is 34.3 Å². The number of hydrogen-bond donors (Lipinski definition) is 1. The molecule has 12 heteroatoms. The summed E-state index contributed by atoms with van der Waals surface area (Å²) in [6.07, 6.45) is 1.47. The Kier molecular flexibility index (Phi) is 6.90. The fourth-order valence-corrected chi connectivity index (χ4v) is 3.82. The molecule has 0 saturated heterocycles. The number of nitrogens with zero attached hydrogens (tertiary/aromatic N) is 7. The summed E-state index contributed by atoms with van der Waals surface area (Å²) in [5, 5.41) is 27.6. The summed E-state index contributed by atoms with van der Waals surface area (Å²) in [5.41, 5.74) is 5.47. The van der Waals surface area contributed by atoms with Crippen LogP contribution in [0.25, 0.3) is 11.4 Å². The molecule has 39 heavy (non-hydrogen) atoms. The van der Waals surface area contributed by atoms with Crippen LogP contribution in [0, 0.1) is 24.0 Å². The number of carbonyl (C=O) groups excluding carboxylic acids is 1. The predicted octanol–water partition coefficient (Wildman–Crippen LogP) is 4.53. The van der Waals surface area contributed by atoms with Crippen molar-refractivity contribution >= 4 is 17.8 Å². The topological polar surface area (TPSA) is 142 Å². The second-order valence-electron chi connectivity index (χ2n) is 8.37. The molecule has 1 N–H and O–H groups in total. The largest absolute Gasteiger partial charge is 0.438 e. The molecule has 0 aliphatic carbocycles. The lowest BCUT2D eigenvalue weighted by molar-refractivity contribution is -0.384. The van der Waals surface area contributed by atoms with E-state index in [4.69, 9.17) is 4.74 Å². The second-order valence-corrected chi connectivity index (χ2v) is 8.37. The zero-order chi connectivity index (χ0) is 27.4. The van der Waals surface area contributed by atoms with Gasteiger partial charge < -0.3 is 4.74 Å². The van der Waals surface area contributed by atoms with Crippen LogP contribution >= 0.6 is 0 Å². The number of aromatic nitrogens is 5. The van der Waals surface area contributed by atoms with E-state index in [1.54, 1.807) is 11.6 Å². The maximum absolute atomic E-state index is 12.8. The molecule has 0 unspecified atom stereocenters. The van der Waals surface area contributed by atoms with E-state index in [2.05, 4.69) is 25.9 Å². The molecular formula is C27H22N8O4. The van der Waals surface area contributed by atoms with Crippen LogP contribution in [-0.4, -0.2) is 41.8 Å². The third-order valence-corrected chi connectivity index (χ3v) is 5.80. The average Bonchev–Trinajstić information content (AvgIpc) is 3.49. The molecule has 12 nitrogen and oxygen atoms in total. The summed E-state index contributed by atoms with van der Waals surface area (Å²) >= 11 is 0. The van der Waals surface area contributed by atoms with E-state index < -0.39 is 10.8 Å². The molecule has 0 radical (unpaired) electrons. The zero-order valence-corrected chi connectivity index (χ0v) is 20.9. The van der Waals surface area contributed by atoms with Gasteiger partial charge in [0.15, 0.2) is 5.69 Å². The van der Waals surface area contributed by atoms with E-state index in [0.717, 1.165) is 5.69 Å². The average molecular weight is 523 g/mol. The van der Waals surface area contributed by atoms with Crippen LogP contribution in [0.2, 0.25) is 0 Å². The van der Waals surface area contributed by atoms with E-state index in [1.807, 2.05) is 67.6 Å². The van der Waals surface area contributed by atoms with Crippen LogP contribution in [0.1, 0.15) is 27.4 Å². The normalized spacial score (nSPS) is 11.0. The van der Waals surface area contributed by atoms with Gasteiger partial charge in [-0.15, -0.1) is 5.10 Å². The van der Waals surface area contributed by atoms with Crippen molar-refractivity contribution in [1.29, 1.82) is 0 Å². The smallest absolute Gasteiger partial charge is 0.293 e. The summed E-state index contributed by atoms with van der Waals surface area (Å²) in [4.78, 5) is 23.3. The molecule has 0 fully saturated rings. The standard InChI is InChI=1S/C27H22N8O4/c1-18-24(27(39-23-11-7-4-8-12-23)34(31-18)20-9-5-3-6-10-20)17-28-30-26(36)25-19(2)33(32-29-25)21-13-15-22(16-14-21)35(37)38/h3-17H,1-2H3,(H,30,36)/b28-17+. The maximum Gasteiger partial charge on any atom is 0.293 e. The number of amides is 1. The minimum atomic E-state index is -0.574. The van der Waals surface area contributed by atoms with Gasteiger partial charge in [0.2, 0.25) is 5.88 Å². The van der Waals surface area contributed by atoms with E-state index >= 15 is 0 Å². The van der Waals surface area contributed by atoms with Crippen LogP contribution < -0.4 is 10.2 Å². The zero-order valence-electron chi connectivity index (χ0n) is 20.9. The minimum Gasteiger partial charge on any atom is -0.438 e. The monoisotopic (exact) mass is 522 g/mol. The van der Waals surface area contributed by atoms with Crippen LogP contribution in [0.5, 0.6) is 11.6 Å². The van der Waals surface area contributed by atoms with Gasteiger partial charge in [-0.2, -0.15) is 14.9 Å². The molecular weight excluding hydrogens is 500 g/mol. The highest BCUT2D eigenvalue weighted by atomic mass is 16.6. The van der Waals surface area contributed by atoms with Crippen molar-refractivity contribution in [1.82, 2.24) is 30.2 Å². The van der Waals surface area contributed by atoms with Crippen molar-refractivity contribution in [2.24, 2.45) is 5.10 Å². The molecule has 3 aromatic carbocycles. The van der Waals surface area contributed by atoms with E-state index in [9.17, 15) is 14.9 Å². The number of nitro groups is 1. The third kappa shape index (κ3) is 5.25. The molecule has 0 atom stereocenters. The molecule has 5 rings (SSSR count). The number of benzene rings is 3. The highest BCUT2D eigenvalue weighted by Crippen LogP contribution is 2.29. The Morgan fingerprint density at radius 2 is 1.59 bits per heavy atom. The van der Waals surface area contributed by atoms with Gasteiger partial charge in [-0.3, -0.25) is 14.9 Å². The molecule has 0 aliphatic rings. The summed E-state index contributed by atoms with van der Waals surface area (Å²) < 4.78 is 9.27. The number of nitro benzene ring substituents is 1. The molecule has 0 bridgehead atoms. The number of para-hydroxylation sites is 2. The predicted molar refractivity (Wildman–Crippen MR) is 143 cm³/mol. The van der Waals surface area contributed by atoms with Crippen molar-refractivity contribution in [2.45, 2.75) is 13.8 Å². The fourth-order valence-electron chi connectivity index (χ4n) is 3.82. The Bertz CT molecular complexity index is 1660. The first-order chi connectivity index (χ1) is 18.9. The number of non-ortho nitro benzene ring substituents is 1. The van der Waals surface area contributed by atoms with Crippen molar-refractivity contribution in [3.8, 4) is 23.0 Å². The van der Waals surface area contributed by atoms with Crippen LogP contribution in [0.3, 0.4) is 0 Å². The molecule has 0 aliphatic heterocycles. The number of hydrazone groups is 1. The second kappa shape index (κ2) is 10.8. The van der Waals surface area contributed by atoms with Gasteiger partial charge in [-0.1, -0.05) is 41.6 Å². The van der Waals surface area contributed by atoms with Gasteiger partial charge in [-0.25, -0.2) is 10.1 Å². The SMILES string of the molecule is Cc1nn(-c2ccccc2)c(Oc2ccccc2)c1/C=N/NC(=O)c1nnn(-c2ccc([N+](=O)[O-])cc2)c1C. The van der Waals surface area contributed by atoms with Crippen molar-refractivity contribution in [3.63, 3.8) is 0 Å². The molecule has 2 aromatic heterocycles. The highest BCUT2D eigenvalue weighted by Gasteiger charge is 2.20.